The van der Waals surface area contributed by atoms with Crippen LogP contribution in [0.4, 0.5) is 11.5 Å². The lowest BCUT2D eigenvalue weighted by atomic mass is 10.0. The van der Waals surface area contributed by atoms with Gasteiger partial charge in [-0.15, -0.1) is 0 Å². The molecule has 0 saturated heterocycles. The zero-order chi connectivity index (χ0) is 22.7. The van der Waals surface area contributed by atoms with E-state index in [2.05, 4.69) is 20.8 Å². The quantitative estimate of drug-likeness (QED) is 0.312. The van der Waals surface area contributed by atoms with Gasteiger partial charge in [-0.25, -0.2) is 4.98 Å². The molecule has 4 aromatic rings. The van der Waals surface area contributed by atoms with E-state index in [4.69, 9.17) is 16.3 Å². The number of halogens is 1. The molecular weight excluding hydrogens is 434 g/mol. The Kier molecular flexibility index (Phi) is 5.82. The largest absolute Gasteiger partial charge is 0.434 e. The number of benzene rings is 3. The number of nitrogens with one attached hydrogen (secondary N) is 2. The molecule has 0 unspecified atom stereocenters. The predicted octanol–water partition coefficient (Wildman–Crippen LogP) is 5.05. The molecule has 10 heteroatoms. The summed E-state index contributed by atoms with van der Waals surface area (Å²) in [6.45, 7) is 1.78. The lowest BCUT2D eigenvalue weighted by Crippen LogP contribution is -2.30. The van der Waals surface area contributed by atoms with Crippen molar-refractivity contribution in [3.05, 3.63) is 93.3 Å². The van der Waals surface area contributed by atoms with Crippen LogP contribution in [-0.2, 0) is 0 Å². The van der Waals surface area contributed by atoms with Crippen molar-refractivity contribution in [2.45, 2.75) is 6.92 Å². The van der Waals surface area contributed by atoms with Crippen LogP contribution in [0.2, 0.25) is 5.02 Å². The molecule has 4 rings (SSSR count). The van der Waals surface area contributed by atoms with Gasteiger partial charge in [-0.1, -0.05) is 48.0 Å². The lowest BCUT2D eigenvalue weighted by molar-refractivity contribution is -0.385. The van der Waals surface area contributed by atoms with Crippen molar-refractivity contribution in [1.82, 2.24) is 15.4 Å². The van der Waals surface area contributed by atoms with Gasteiger partial charge in [0.25, 0.3) is 5.91 Å². The Labute approximate surface area is 187 Å². The van der Waals surface area contributed by atoms with Crippen LogP contribution in [0.5, 0.6) is 11.6 Å². The topological polar surface area (TPSA) is 119 Å². The number of aromatic nitrogens is 2. The molecule has 0 saturated carbocycles. The predicted molar refractivity (Wildman–Crippen MR) is 120 cm³/mol. The second kappa shape index (κ2) is 8.86. The van der Waals surface area contributed by atoms with Gasteiger partial charge >= 0.3 is 11.6 Å². The van der Waals surface area contributed by atoms with E-state index in [9.17, 15) is 14.9 Å². The molecule has 1 amide bonds. The number of rotatable bonds is 6. The number of amides is 1. The first-order chi connectivity index (χ1) is 15.4. The summed E-state index contributed by atoms with van der Waals surface area (Å²) in [7, 11) is 0. The molecule has 0 aliphatic carbocycles. The van der Waals surface area contributed by atoms with Gasteiger partial charge in [0.15, 0.2) is 0 Å². The molecule has 32 heavy (non-hydrogen) atoms. The van der Waals surface area contributed by atoms with Crippen LogP contribution in [0.25, 0.3) is 10.8 Å². The molecule has 0 atom stereocenters. The summed E-state index contributed by atoms with van der Waals surface area (Å²) >= 11 is 6.01. The molecule has 9 nitrogen and oxygen atoms in total. The van der Waals surface area contributed by atoms with Crippen molar-refractivity contribution in [2.75, 3.05) is 5.43 Å². The van der Waals surface area contributed by atoms with Gasteiger partial charge in [0, 0.05) is 10.6 Å². The summed E-state index contributed by atoms with van der Waals surface area (Å²) in [6, 6.07) is 17.5. The number of carbonyl (C=O) groups is 1. The van der Waals surface area contributed by atoms with E-state index in [1.807, 2.05) is 30.3 Å². The number of hydrogen-bond donors (Lipinski definition) is 2. The molecule has 2 N–H and O–H groups in total. The molecule has 0 bridgehead atoms. The summed E-state index contributed by atoms with van der Waals surface area (Å²) < 4.78 is 5.59. The van der Waals surface area contributed by atoms with E-state index >= 15 is 0 Å². The zero-order valence-corrected chi connectivity index (χ0v) is 17.5. The van der Waals surface area contributed by atoms with Gasteiger partial charge in [0.2, 0.25) is 5.82 Å². The Morgan fingerprint density at radius 3 is 2.66 bits per heavy atom. The Hall–Kier alpha value is -4.24. The average molecular weight is 450 g/mol. The van der Waals surface area contributed by atoms with Crippen LogP contribution >= 0.6 is 11.6 Å². The number of aryl methyl sites for hydroxylation is 1. The zero-order valence-electron chi connectivity index (χ0n) is 16.7. The molecular formula is C22H16ClN5O4. The van der Waals surface area contributed by atoms with E-state index in [0.29, 0.717) is 16.3 Å². The molecule has 3 aromatic carbocycles. The first kappa shape index (κ1) is 21.0. The van der Waals surface area contributed by atoms with E-state index < -0.39 is 16.5 Å². The highest BCUT2D eigenvalue weighted by Crippen LogP contribution is 2.34. The van der Waals surface area contributed by atoms with Crippen LogP contribution in [0.3, 0.4) is 0 Å². The van der Waals surface area contributed by atoms with Gasteiger partial charge in [-0.2, -0.15) is 4.98 Å². The second-order valence-electron chi connectivity index (χ2n) is 6.75. The molecule has 0 spiro atoms. The number of carbonyl (C=O) groups excluding carboxylic acids is 1. The van der Waals surface area contributed by atoms with Gasteiger partial charge in [-0.05, 0) is 47.5 Å². The van der Waals surface area contributed by atoms with Gasteiger partial charge in [0.1, 0.15) is 12.1 Å². The van der Waals surface area contributed by atoms with E-state index in [0.717, 1.165) is 22.7 Å². The Morgan fingerprint density at radius 1 is 1.09 bits per heavy atom. The standard InChI is InChI=1S/C22H16ClN5O4/c1-13-11-15(9-10-18(13)23)32-22-19(28(30)31)20(24-12-25-22)26-27-21(29)17-8-4-6-14-5-2-3-7-16(14)17/h2-12H,1H3,(H,27,29)(H,24,25,26). The normalized spacial score (nSPS) is 10.6. The fourth-order valence-corrected chi connectivity index (χ4v) is 3.21. The molecule has 1 heterocycles. The van der Waals surface area contributed by atoms with E-state index in [1.54, 1.807) is 37.3 Å². The highest BCUT2D eigenvalue weighted by molar-refractivity contribution is 6.31. The average Bonchev–Trinajstić information content (AvgIpc) is 2.79. The molecule has 0 fully saturated rings. The summed E-state index contributed by atoms with van der Waals surface area (Å²) in [5, 5.41) is 13.9. The minimum atomic E-state index is -0.690. The second-order valence-corrected chi connectivity index (χ2v) is 7.16. The minimum absolute atomic E-state index is 0.223. The number of nitrogens with zero attached hydrogens (tertiary/aromatic N) is 3. The first-order valence-corrected chi connectivity index (χ1v) is 9.79. The summed E-state index contributed by atoms with van der Waals surface area (Å²) in [6.07, 6.45) is 1.09. The van der Waals surface area contributed by atoms with Gasteiger partial charge in [-0.3, -0.25) is 25.8 Å². The fourth-order valence-electron chi connectivity index (χ4n) is 3.09. The molecule has 0 aliphatic heterocycles. The van der Waals surface area contributed by atoms with Crippen molar-refractivity contribution in [1.29, 1.82) is 0 Å². The third-order valence-electron chi connectivity index (χ3n) is 4.64. The third-order valence-corrected chi connectivity index (χ3v) is 5.07. The molecule has 1 aromatic heterocycles. The number of hydrazine groups is 1. The highest BCUT2D eigenvalue weighted by Gasteiger charge is 2.26. The van der Waals surface area contributed by atoms with Crippen molar-refractivity contribution in [3.63, 3.8) is 0 Å². The maximum atomic E-state index is 12.7. The van der Waals surface area contributed by atoms with Gasteiger partial charge in [0.05, 0.1) is 4.92 Å². The van der Waals surface area contributed by atoms with Crippen molar-refractivity contribution < 1.29 is 14.5 Å². The summed E-state index contributed by atoms with van der Waals surface area (Å²) in [5.74, 6) is -0.669. The lowest BCUT2D eigenvalue weighted by Gasteiger charge is -2.11. The molecule has 0 aliphatic rings. The highest BCUT2D eigenvalue weighted by atomic mass is 35.5. The summed E-state index contributed by atoms with van der Waals surface area (Å²) in [5.41, 5.74) is 5.58. The van der Waals surface area contributed by atoms with Gasteiger partial charge < -0.3 is 4.74 Å². The van der Waals surface area contributed by atoms with E-state index in [-0.39, 0.29) is 11.7 Å². The molecule has 160 valence electrons. The number of fused-ring (bicyclic) bond motifs is 1. The van der Waals surface area contributed by atoms with Crippen LogP contribution in [0.15, 0.2) is 67.0 Å². The van der Waals surface area contributed by atoms with Crippen LogP contribution in [0, 0.1) is 17.0 Å². The Morgan fingerprint density at radius 2 is 1.88 bits per heavy atom. The fraction of sp³-hybridized carbons (Fsp3) is 0.0455. The maximum absolute atomic E-state index is 12.7. The number of hydrogen-bond acceptors (Lipinski definition) is 7. The van der Waals surface area contributed by atoms with Crippen molar-refractivity contribution in [3.8, 4) is 11.6 Å². The monoisotopic (exact) mass is 449 g/mol. The number of ether oxygens (including phenoxy) is 1. The van der Waals surface area contributed by atoms with Crippen molar-refractivity contribution in [2.24, 2.45) is 0 Å². The van der Waals surface area contributed by atoms with E-state index in [1.165, 1.54) is 0 Å². The Bertz CT molecular complexity index is 1340. The number of anilines is 1. The molecule has 0 radical (unpaired) electrons. The smallest absolute Gasteiger partial charge is 0.374 e. The van der Waals surface area contributed by atoms with Crippen LogP contribution < -0.4 is 15.6 Å². The van der Waals surface area contributed by atoms with Crippen LogP contribution in [-0.4, -0.2) is 20.8 Å². The Balaban J connectivity index is 1.59. The van der Waals surface area contributed by atoms with Crippen molar-refractivity contribution >= 4 is 39.8 Å². The minimum Gasteiger partial charge on any atom is -0.434 e. The maximum Gasteiger partial charge on any atom is 0.374 e. The summed E-state index contributed by atoms with van der Waals surface area (Å²) in [4.78, 5) is 31.5. The number of nitro groups is 1. The first-order valence-electron chi connectivity index (χ1n) is 9.41. The van der Waals surface area contributed by atoms with Crippen LogP contribution in [0.1, 0.15) is 15.9 Å². The third kappa shape index (κ3) is 4.28. The SMILES string of the molecule is Cc1cc(Oc2ncnc(NNC(=O)c3cccc4ccccc34)c2[N+](=O)[O-])ccc1Cl.